The van der Waals surface area contributed by atoms with Crippen molar-refractivity contribution in [2.75, 3.05) is 0 Å². The molecule has 0 amide bonds. The van der Waals surface area contributed by atoms with E-state index in [0.29, 0.717) is 5.70 Å². The zero-order valence-electron chi connectivity index (χ0n) is 5.95. The number of rotatable bonds is 2. The molecule has 3 N–H and O–H groups in total. The van der Waals surface area contributed by atoms with Gasteiger partial charge in [-0.3, -0.25) is 4.79 Å². The molecule has 0 saturated carbocycles. The van der Waals surface area contributed by atoms with Crippen LogP contribution in [0, 0.1) is 0 Å². The van der Waals surface area contributed by atoms with E-state index in [0.717, 1.165) is 0 Å². The molecule has 1 aliphatic rings. The molecule has 0 spiro atoms. The second-order valence-electron chi connectivity index (χ2n) is 2.11. The molecule has 0 saturated heterocycles. The lowest BCUT2D eigenvalue weighted by Gasteiger charge is -2.06. The van der Waals surface area contributed by atoms with E-state index in [-0.39, 0.29) is 0 Å². The summed E-state index contributed by atoms with van der Waals surface area (Å²) in [7, 11) is 0. The van der Waals surface area contributed by atoms with Crippen LogP contribution in [0.2, 0.25) is 0 Å². The molecule has 11 heavy (non-hydrogen) atoms. The first kappa shape index (κ1) is 7.75. The molecule has 1 unspecified atom stereocenters. The highest BCUT2D eigenvalue weighted by molar-refractivity contribution is 5.63. The molecule has 1 atom stereocenters. The van der Waals surface area contributed by atoms with Crippen LogP contribution < -0.4 is 11.1 Å². The van der Waals surface area contributed by atoms with Gasteiger partial charge in [0, 0.05) is 11.9 Å². The van der Waals surface area contributed by atoms with E-state index in [1.807, 2.05) is 18.2 Å². The molecule has 1 heterocycles. The summed E-state index contributed by atoms with van der Waals surface area (Å²) in [6.07, 6.45) is 10.6. The first-order valence-electron chi connectivity index (χ1n) is 3.28. The molecular weight excluding hydrogens is 140 g/mol. The van der Waals surface area contributed by atoms with Gasteiger partial charge in [-0.15, -0.1) is 0 Å². The van der Waals surface area contributed by atoms with Crippen LogP contribution in [0.25, 0.3) is 0 Å². The van der Waals surface area contributed by atoms with E-state index in [9.17, 15) is 4.79 Å². The predicted molar refractivity (Wildman–Crippen MR) is 43.2 cm³/mol. The summed E-state index contributed by atoms with van der Waals surface area (Å²) in [5, 5.41) is 2.86. The SMILES string of the molecule is NC([C]=O)C1=CC=CC=CN1. The maximum atomic E-state index is 10.1. The van der Waals surface area contributed by atoms with Gasteiger partial charge in [0.05, 0.1) is 0 Å². The van der Waals surface area contributed by atoms with Crippen molar-refractivity contribution < 1.29 is 4.79 Å². The molecule has 0 aliphatic carbocycles. The Kier molecular flexibility index (Phi) is 2.63. The fourth-order valence-corrected chi connectivity index (χ4v) is 0.728. The molecule has 57 valence electrons. The van der Waals surface area contributed by atoms with Crippen molar-refractivity contribution in [1.29, 1.82) is 0 Å². The number of hydrogen-bond acceptors (Lipinski definition) is 3. The normalized spacial score (nSPS) is 18.1. The molecule has 0 aromatic heterocycles. The van der Waals surface area contributed by atoms with Gasteiger partial charge in [-0.1, -0.05) is 12.2 Å². The summed E-state index contributed by atoms with van der Waals surface area (Å²) in [5.41, 5.74) is 6.05. The minimum absolute atomic E-state index is 0.657. The lowest BCUT2D eigenvalue weighted by Crippen LogP contribution is -2.30. The molecule has 1 radical (unpaired) electrons. The summed E-state index contributed by atoms with van der Waals surface area (Å²) in [6.45, 7) is 0. The number of carbonyl (C=O) groups excluding carboxylic acids is 1. The zero-order valence-corrected chi connectivity index (χ0v) is 5.95. The molecule has 3 heteroatoms. The Morgan fingerprint density at radius 2 is 2.27 bits per heavy atom. The highest BCUT2D eigenvalue weighted by Gasteiger charge is 2.06. The zero-order chi connectivity index (χ0) is 8.10. The monoisotopic (exact) mass is 149 g/mol. The maximum Gasteiger partial charge on any atom is 0.223 e. The third-order valence-electron chi connectivity index (χ3n) is 1.31. The van der Waals surface area contributed by atoms with Crippen molar-refractivity contribution in [1.82, 2.24) is 5.32 Å². The van der Waals surface area contributed by atoms with Gasteiger partial charge < -0.3 is 11.1 Å². The van der Waals surface area contributed by atoms with Crippen LogP contribution in [-0.2, 0) is 4.79 Å². The van der Waals surface area contributed by atoms with Gasteiger partial charge in [-0.05, 0) is 12.2 Å². The summed E-state index contributed by atoms with van der Waals surface area (Å²) in [4.78, 5) is 10.1. The number of allylic oxidation sites excluding steroid dienone is 4. The minimum atomic E-state index is -0.678. The Hall–Kier alpha value is -1.35. The van der Waals surface area contributed by atoms with Gasteiger partial charge in [0.15, 0.2) is 0 Å². The van der Waals surface area contributed by atoms with Crippen LogP contribution in [0.1, 0.15) is 0 Å². The van der Waals surface area contributed by atoms with Crippen LogP contribution in [0.3, 0.4) is 0 Å². The molecule has 3 nitrogen and oxygen atoms in total. The van der Waals surface area contributed by atoms with Crippen LogP contribution in [0.5, 0.6) is 0 Å². The lowest BCUT2D eigenvalue weighted by molar-refractivity contribution is 0.546. The van der Waals surface area contributed by atoms with E-state index in [1.165, 1.54) is 0 Å². The van der Waals surface area contributed by atoms with Crippen molar-refractivity contribution in [3.05, 3.63) is 36.2 Å². The summed E-state index contributed by atoms with van der Waals surface area (Å²) in [6, 6.07) is -0.678. The van der Waals surface area contributed by atoms with Gasteiger partial charge in [-0.25, -0.2) is 0 Å². The Morgan fingerprint density at radius 3 is 3.00 bits per heavy atom. The molecule has 1 aliphatic heterocycles. The second kappa shape index (κ2) is 3.73. The predicted octanol–water partition coefficient (Wildman–Crippen LogP) is -0.0196. The standard InChI is InChI=1S/C8H9N2O/c9-7(6-11)8-4-2-1-3-5-10-8/h1-5,7,10H,9H2. The topological polar surface area (TPSA) is 55.1 Å². The van der Waals surface area contributed by atoms with E-state index in [4.69, 9.17) is 5.73 Å². The Balaban J connectivity index is 2.71. The number of hydrogen-bond donors (Lipinski definition) is 2. The fourth-order valence-electron chi connectivity index (χ4n) is 0.728. The van der Waals surface area contributed by atoms with Crippen LogP contribution in [0.15, 0.2) is 36.2 Å². The van der Waals surface area contributed by atoms with Crippen molar-refractivity contribution in [2.45, 2.75) is 6.04 Å². The molecule has 1 rings (SSSR count). The maximum absolute atomic E-state index is 10.1. The summed E-state index contributed by atoms with van der Waals surface area (Å²) >= 11 is 0. The van der Waals surface area contributed by atoms with Crippen LogP contribution >= 0.6 is 0 Å². The minimum Gasteiger partial charge on any atom is -0.363 e. The van der Waals surface area contributed by atoms with Crippen molar-refractivity contribution in [3.63, 3.8) is 0 Å². The number of nitrogens with one attached hydrogen (secondary N) is 1. The van der Waals surface area contributed by atoms with Crippen LogP contribution in [0.4, 0.5) is 0 Å². The average molecular weight is 149 g/mol. The first-order chi connectivity index (χ1) is 5.34. The summed E-state index contributed by atoms with van der Waals surface area (Å²) < 4.78 is 0. The Morgan fingerprint density at radius 1 is 1.45 bits per heavy atom. The molecule has 0 bridgehead atoms. The van der Waals surface area contributed by atoms with E-state index in [1.54, 1.807) is 18.6 Å². The number of nitrogens with two attached hydrogens (primary N) is 1. The third kappa shape index (κ3) is 2.05. The molecular formula is C8H9N2O. The molecule has 0 fully saturated rings. The van der Waals surface area contributed by atoms with Crippen LogP contribution in [-0.4, -0.2) is 12.3 Å². The highest BCUT2D eigenvalue weighted by Crippen LogP contribution is 1.97. The summed E-state index contributed by atoms with van der Waals surface area (Å²) in [5.74, 6) is 0. The molecule has 0 aromatic carbocycles. The van der Waals surface area contributed by atoms with Crippen molar-refractivity contribution in [2.24, 2.45) is 5.73 Å². The van der Waals surface area contributed by atoms with Gasteiger partial charge >= 0.3 is 0 Å². The van der Waals surface area contributed by atoms with Crippen molar-refractivity contribution in [3.8, 4) is 0 Å². The largest absolute Gasteiger partial charge is 0.363 e. The van der Waals surface area contributed by atoms with E-state index in [2.05, 4.69) is 5.32 Å². The van der Waals surface area contributed by atoms with Crippen molar-refractivity contribution >= 4 is 6.29 Å². The highest BCUT2D eigenvalue weighted by atomic mass is 16.1. The van der Waals surface area contributed by atoms with Gasteiger partial charge in [0.25, 0.3) is 0 Å². The average Bonchev–Trinajstić information content (AvgIpc) is 2.30. The van der Waals surface area contributed by atoms with Gasteiger partial charge in [-0.2, -0.15) is 0 Å². The molecule has 0 aromatic rings. The Labute approximate surface area is 65.3 Å². The first-order valence-corrected chi connectivity index (χ1v) is 3.28. The van der Waals surface area contributed by atoms with E-state index >= 15 is 0 Å². The fraction of sp³-hybridized carbons (Fsp3) is 0.125. The second-order valence-corrected chi connectivity index (χ2v) is 2.11. The lowest BCUT2D eigenvalue weighted by atomic mass is 10.2. The van der Waals surface area contributed by atoms with Gasteiger partial charge in [0.2, 0.25) is 6.29 Å². The Bertz CT molecular complexity index is 228. The quantitative estimate of drug-likeness (QED) is 0.580. The third-order valence-corrected chi connectivity index (χ3v) is 1.31. The van der Waals surface area contributed by atoms with Gasteiger partial charge in [0.1, 0.15) is 6.04 Å². The van der Waals surface area contributed by atoms with E-state index < -0.39 is 6.04 Å². The smallest absolute Gasteiger partial charge is 0.223 e.